The molecule has 0 spiro atoms. The zero-order chi connectivity index (χ0) is 19.8. The molecule has 0 radical (unpaired) electrons. The maximum Gasteiger partial charge on any atom is 0.262 e. The van der Waals surface area contributed by atoms with Crippen LogP contribution in [0, 0.1) is 5.41 Å². The molecule has 3 rings (SSSR count). The summed E-state index contributed by atoms with van der Waals surface area (Å²) in [6.07, 6.45) is 5.58. The van der Waals surface area contributed by atoms with Gasteiger partial charge in [-0.25, -0.2) is 4.21 Å². The van der Waals surface area contributed by atoms with E-state index in [4.69, 9.17) is 4.74 Å². The summed E-state index contributed by atoms with van der Waals surface area (Å²) in [6.45, 7) is 7.19. The SMILES string of the molecule is CC(=O)N1CCn2ncc(S(C)(=O)=NC(=O)C(C)(C)C3CCCCO3)c2C1. The topological polar surface area (TPSA) is 93.9 Å². The Morgan fingerprint density at radius 2 is 2.07 bits per heavy atom. The van der Waals surface area contributed by atoms with Gasteiger partial charge in [-0.2, -0.15) is 9.46 Å². The van der Waals surface area contributed by atoms with Crippen molar-refractivity contribution in [2.24, 2.45) is 9.78 Å². The Balaban J connectivity index is 1.90. The van der Waals surface area contributed by atoms with E-state index in [9.17, 15) is 13.8 Å². The molecule has 2 unspecified atom stereocenters. The van der Waals surface area contributed by atoms with Crippen LogP contribution in [0.15, 0.2) is 15.5 Å². The van der Waals surface area contributed by atoms with Gasteiger partial charge >= 0.3 is 0 Å². The predicted molar refractivity (Wildman–Crippen MR) is 100 cm³/mol. The van der Waals surface area contributed by atoms with Crippen molar-refractivity contribution in [2.45, 2.75) is 64.1 Å². The molecule has 8 nitrogen and oxygen atoms in total. The Bertz CT molecular complexity index is 861. The average Bonchev–Trinajstić information content (AvgIpc) is 3.06. The highest BCUT2D eigenvalue weighted by molar-refractivity contribution is 7.93. The van der Waals surface area contributed by atoms with E-state index >= 15 is 0 Å². The summed E-state index contributed by atoms with van der Waals surface area (Å²) < 4.78 is 25.0. The molecule has 1 saturated heterocycles. The first-order valence-electron chi connectivity index (χ1n) is 9.31. The van der Waals surface area contributed by atoms with Gasteiger partial charge in [0.15, 0.2) is 0 Å². The first kappa shape index (κ1) is 20.0. The summed E-state index contributed by atoms with van der Waals surface area (Å²) in [5.41, 5.74) is -0.148. The maximum atomic E-state index is 13.4. The molecule has 0 aromatic carbocycles. The highest BCUT2D eigenvalue weighted by Gasteiger charge is 2.39. The molecule has 0 bridgehead atoms. The van der Waals surface area contributed by atoms with Crippen molar-refractivity contribution in [1.29, 1.82) is 0 Å². The Labute approximate surface area is 160 Å². The summed E-state index contributed by atoms with van der Waals surface area (Å²) in [5, 5.41) is 4.28. The van der Waals surface area contributed by atoms with Crippen LogP contribution in [0.2, 0.25) is 0 Å². The van der Waals surface area contributed by atoms with E-state index in [1.54, 1.807) is 23.4 Å². The van der Waals surface area contributed by atoms with Gasteiger partial charge in [-0.15, -0.1) is 0 Å². The smallest absolute Gasteiger partial charge is 0.262 e. The molecule has 2 amide bonds. The normalized spacial score (nSPS) is 22.7. The van der Waals surface area contributed by atoms with Gasteiger partial charge in [0.25, 0.3) is 5.91 Å². The van der Waals surface area contributed by atoms with Crippen molar-refractivity contribution in [3.8, 4) is 0 Å². The molecule has 1 fully saturated rings. The molecule has 27 heavy (non-hydrogen) atoms. The average molecular weight is 397 g/mol. The van der Waals surface area contributed by atoms with E-state index in [1.807, 2.05) is 0 Å². The summed E-state index contributed by atoms with van der Waals surface area (Å²) in [5.74, 6) is -0.458. The lowest BCUT2D eigenvalue weighted by Gasteiger charge is -2.34. The molecule has 1 aromatic rings. The number of aromatic nitrogens is 2. The molecule has 9 heteroatoms. The van der Waals surface area contributed by atoms with Crippen LogP contribution in [0.1, 0.15) is 45.7 Å². The zero-order valence-electron chi connectivity index (χ0n) is 16.4. The number of hydrogen-bond donors (Lipinski definition) is 0. The molecule has 150 valence electrons. The zero-order valence-corrected chi connectivity index (χ0v) is 17.3. The van der Waals surface area contributed by atoms with Crippen molar-refractivity contribution < 1.29 is 18.5 Å². The van der Waals surface area contributed by atoms with Crippen LogP contribution in [0.25, 0.3) is 0 Å². The van der Waals surface area contributed by atoms with Crippen LogP contribution in [0.5, 0.6) is 0 Å². The Hall–Kier alpha value is -1.74. The second-order valence-corrected chi connectivity index (χ2v) is 10.1. The van der Waals surface area contributed by atoms with Crippen LogP contribution >= 0.6 is 0 Å². The van der Waals surface area contributed by atoms with Crippen molar-refractivity contribution in [1.82, 2.24) is 14.7 Å². The number of carbonyl (C=O) groups excluding carboxylic acids is 2. The number of nitrogens with zero attached hydrogens (tertiary/aromatic N) is 4. The number of amides is 2. The molecule has 2 aliphatic rings. The minimum absolute atomic E-state index is 0.0420. The lowest BCUT2D eigenvalue weighted by atomic mass is 9.82. The molecular weight excluding hydrogens is 368 g/mol. The monoisotopic (exact) mass is 396 g/mol. The molecular formula is C18H28N4O4S. The number of carbonyl (C=O) groups is 2. The van der Waals surface area contributed by atoms with Crippen LogP contribution in [-0.4, -0.2) is 56.2 Å². The van der Waals surface area contributed by atoms with Crippen LogP contribution in [-0.2, 0) is 37.1 Å². The second-order valence-electron chi connectivity index (χ2n) is 7.90. The van der Waals surface area contributed by atoms with Gasteiger partial charge in [-0.3, -0.25) is 14.3 Å². The number of hydrogen-bond acceptors (Lipinski definition) is 5. The fourth-order valence-corrected chi connectivity index (χ4v) is 5.08. The third-order valence-electron chi connectivity index (χ3n) is 5.48. The maximum absolute atomic E-state index is 13.4. The van der Waals surface area contributed by atoms with E-state index in [0.29, 0.717) is 36.8 Å². The lowest BCUT2D eigenvalue weighted by Crippen LogP contribution is -2.40. The molecule has 2 atom stereocenters. The number of fused-ring (bicyclic) bond motifs is 1. The summed E-state index contributed by atoms with van der Waals surface area (Å²) in [7, 11) is -2.98. The van der Waals surface area contributed by atoms with Gasteiger partial charge in [-0.1, -0.05) is 0 Å². The van der Waals surface area contributed by atoms with E-state index in [-0.39, 0.29) is 12.0 Å². The summed E-state index contributed by atoms with van der Waals surface area (Å²) >= 11 is 0. The minimum atomic E-state index is -2.98. The largest absolute Gasteiger partial charge is 0.377 e. The second kappa shape index (κ2) is 7.35. The fraction of sp³-hybridized carbons (Fsp3) is 0.722. The lowest BCUT2D eigenvalue weighted by molar-refractivity contribution is -0.137. The van der Waals surface area contributed by atoms with Gasteiger partial charge in [-0.05, 0) is 33.1 Å². The van der Waals surface area contributed by atoms with Crippen molar-refractivity contribution in [2.75, 3.05) is 19.4 Å². The molecule has 0 saturated carbocycles. The standard InChI is InChI=1S/C18H28N4O4S/c1-13(23)21-8-9-22-14(12-21)15(11-19-22)27(4,25)20-17(24)18(2,3)16-7-5-6-10-26-16/h11,16H,5-10,12H2,1-4H3. The Morgan fingerprint density at radius 1 is 1.33 bits per heavy atom. The highest BCUT2D eigenvalue weighted by atomic mass is 32.2. The quantitative estimate of drug-likeness (QED) is 0.777. The number of rotatable bonds is 3. The van der Waals surface area contributed by atoms with E-state index in [2.05, 4.69) is 9.46 Å². The van der Waals surface area contributed by atoms with Crippen LogP contribution < -0.4 is 0 Å². The van der Waals surface area contributed by atoms with Crippen molar-refractivity contribution >= 4 is 21.5 Å². The fourth-order valence-electron chi connectivity index (χ4n) is 3.58. The summed E-state index contributed by atoms with van der Waals surface area (Å²) in [4.78, 5) is 26.7. The van der Waals surface area contributed by atoms with Gasteiger partial charge in [0.2, 0.25) is 5.91 Å². The highest BCUT2D eigenvalue weighted by Crippen LogP contribution is 2.33. The summed E-state index contributed by atoms with van der Waals surface area (Å²) in [6, 6.07) is 0. The molecule has 0 aliphatic carbocycles. The molecule has 3 heterocycles. The predicted octanol–water partition coefficient (Wildman–Crippen LogP) is 1.82. The van der Waals surface area contributed by atoms with Gasteiger partial charge in [0.1, 0.15) is 0 Å². The first-order valence-corrected chi connectivity index (χ1v) is 11.2. The van der Waals surface area contributed by atoms with Gasteiger partial charge in [0, 0.05) is 26.3 Å². The minimum Gasteiger partial charge on any atom is -0.377 e. The molecule has 0 N–H and O–H groups in total. The molecule has 2 aliphatic heterocycles. The first-order chi connectivity index (χ1) is 12.6. The van der Waals surface area contributed by atoms with Gasteiger partial charge < -0.3 is 9.64 Å². The van der Waals surface area contributed by atoms with Crippen LogP contribution in [0.4, 0.5) is 0 Å². The number of ether oxygens (including phenoxy) is 1. The molecule has 1 aromatic heterocycles. The van der Waals surface area contributed by atoms with Gasteiger partial charge in [0.05, 0.1) is 51.1 Å². The van der Waals surface area contributed by atoms with E-state index < -0.39 is 21.1 Å². The third kappa shape index (κ3) is 3.94. The Morgan fingerprint density at radius 3 is 2.70 bits per heavy atom. The van der Waals surface area contributed by atoms with Crippen LogP contribution in [0.3, 0.4) is 0 Å². The van der Waals surface area contributed by atoms with Crippen molar-refractivity contribution in [3.63, 3.8) is 0 Å². The van der Waals surface area contributed by atoms with E-state index in [0.717, 1.165) is 19.3 Å². The third-order valence-corrected chi connectivity index (χ3v) is 7.15. The van der Waals surface area contributed by atoms with E-state index in [1.165, 1.54) is 19.4 Å². The Kier molecular flexibility index (Phi) is 5.45. The van der Waals surface area contributed by atoms with Crippen molar-refractivity contribution in [3.05, 3.63) is 11.9 Å².